The van der Waals surface area contributed by atoms with Crippen molar-refractivity contribution in [3.63, 3.8) is 0 Å². The number of hydrogen-bond donors (Lipinski definition) is 6. The summed E-state index contributed by atoms with van der Waals surface area (Å²) in [5, 5.41) is 54.8. The first-order chi connectivity index (χ1) is 35.8. The Morgan fingerprint density at radius 1 is 0.466 bits per heavy atom. The molecule has 0 aromatic heterocycles. The van der Waals surface area contributed by atoms with E-state index in [1.54, 1.807) is 0 Å². The van der Waals surface area contributed by atoms with Crippen LogP contribution in [0, 0.1) is 0 Å². The van der Waals surface area contributed by atoms with Crippen molar-refractivity contribution in [2.45, 2.75) is 365 Å². The molecule has 9 heteroatoms. The number of amides is 1. The Morgan fingerprint density at radius 2 is 0.808 bits per heavy atom. The molecule has 0 bridgehead atoms. The number of carbonyl (C=O) groups is 1. The first-order valence-corrected chi connectivity index (χ1v) is 32.0. The maximum Gasteiger partial charge on any atom is 0.220 e. The van der Waals surface area contributed by atoms with Gasteiger partial charge in [-0.25, -0.2) is 0 Å². The van der Waals surface area contributed by atoms with Gasteiger partial charge in [-0.05, 0) is 44.9 Å². The Morgan fingerprint density at radius 3 is 1.18 bits per heavy atom. The van der Waals surface area contributed by atoms with E-state index in [9.17, 15) is 30.3 Å². The minimum absolute atomic E-state index is 0.136. The average molecular weight is 1030 g/mol. The van der Waals surface area contributed by atoms with E-state index >= 15 is 0 Å². The maximum atomic E-state index is 13.1. The Labute approximate surface area is 451 Å². The molecule has 432 valence electrons. The first-order valence-electron chi connectivity index (χ1n) is 32.0. The Kier molecular flexibility index (Phi) is 51.6. The number of aliphatic hydroxyl groups excluding tert-OH is 5. The molecule has 0 saturated carbocycles. The Bertz CT molecular complexity index is 1200. The van der Waals surface area contributed by atoms with Crippen LogP contribution in [-0.4, -0.2) is 87.5 Å². The van der Waals surface area contributed by atoms with Crippen molar-refractivity contribution in [2.75, 3.05) is 13.2 Å². The summed E-state index contributed by atoms with van der Waals surface area (Å²) in [5.41, 5.74) is 0. The molecule has 7 unspecified atom stereocenters. The van der Waals surface area contributed by atoms with Gasteiger partial charge in [-0.2, -0.15) is 0 Å². The number of hydrogen-bond acceptors (Lipinski definition) is 8. The zero-order valence-corrected chi connectivity index (χ0v) is 48.2. The molecule has 0 radical (unpaired) electrons. The minimum atomic E-state index is -1.55. The summed E-state index contributed by atoms with van der Waals surface area (Å²) in [5.74, 6) is -0.141. The van der Waals surface area contributed by atoms with Crippen molar-refractivity contribution < 1.29 is 39.8 Å². The lowest BCUT2D eigenvalue weighted by atomic mass is 9.99. The molecule has 1 aliphatic rings. The minimum Gasteiger partial charge on any atom is -0.394 e. The molecule has 1 rings (SSSR count). The Balaban J connectivity index is 2.15. The normalized spacial score (nSPS) is 19.1. The van der Waals surface area contributed by atoms with Gasteiger partial charge in [-0.3, -0.25) is 4.79 Å². The lowest BCUT2D eigenvalue weighted by molar-refractivity contribution is -0.302. The van der Waals surface area contributed by atoms with Crippen LogP contribution in [0.25, 0.3) is 0 Å². The van der Waals surface area contributed by atoms with Crippen LogP contribution in [0.1, 0.15) is 322 Å². The zero-order chi connectivity index (χ0) is 52.9. The van der Waals surface area contributed by atoms with E-state index in [1.807, 2.05) is 0 Å². The van der Waals surface area contributed by atoms with Gasteiger partial charge in [0.2, 0.25) is 5.91 Å². The molecule has 1 saturated heterocycles. The van der Waals surface area contributed by atoms with Gasteiger partial charge in [0.1, 0.15) is 24.4 Å². The third-order valence-corrected chi connectivity index (χ3v) is 15.6. The molecule has 0 aliphatic carbocycles. The molecule has 7 atom stereocenters. The lowest BCUT2D eigenvalue weighted by Crippen LogP contribution is -2.60. The van der Waals surface area contributed by atoms with Crippen molar-refractivity contribution in [1.29, 1.82) is 0 Å². The quantitative estimate of drug-likeness (QED) is 0.0261. The second-order valence-corrected chi connectivity index (χ2v) is 22.6. The molecule has 0 spiro atoms. The zero-order valence-electron chi connectivity index (χ0n) is 48.2. The number of allylic oxidation sites excluding steroid dienone is 4. The largest absolute Gasteiger partial charge is 0.394 e. The maximum absolute atomic E-state index is 13.1. The van der Waals surface area contributed by atoms with Crippen molar-refractivity contribution in [1.82, 2.24) is 5.32 Å². The van der Waals surface area contributed by atoms with E-state index in [1.165, 1.54) is 250 Å². The number of aliphatic hydroxyl groups is 5. The molecule has 1 aliphatic heterocycles. The van der Waals surface area contributed by atoms with Crippen molar-refractivity contribution in [3.8, 4) is 0 Å². The van der Waals surface area contributed by atoms with Gasteiger partial charge in [0.25, 0.3) is 0 Å². The fraction of sp³-hybridized carbons (Fsp3) is 0.922. The van der Waals surface area contributed by atoms with Gasteiger partial charge < -0.3 is 40.3 Å². The molecule has 1 heterocycles. The predicted molar refractivity (Wildman–Crippen MR) is 309 cm³/mol. The standard InChI is InChI=1S/C64H123NO8/c1-3-5-7-9-11-13-15-17-19-21-23-25-27-28-29-30-32-33-35-37-39-41-43-45-47-49-51-53-58(67)57(56-72-64-63(71)62(70)61(69)59(55-66)73-64)65-60(68)54-52-50-48-46-44-42-40-38-36-34-31-26-24-22-20-18-16-14-12-10-8-6-4-2/h16,18,22,24,57-59,61-64,66-67,69-71H,3-15,17,19-21,23,25-56H2,1-2H3,(H,65,68)/b18-16-,24-22-. The average Bonchev–Trinajstić information content (AvgIpc) is 3.39. The highest BCUT2D eigenvalue weighted by Crippen LogP contribution is 2.24. The SMILES string of the molecule is CCCCCCC/C=C\C/C=C\CCCCCCCCCCCCCC(=O)NC(COC1OC(CO)C(O)C(O)C1O)C(O)CCCCCCCCCCCCCCCCCCCCCCCCCCCCC. The molecule has 1 amide bonds. The predicted octanol–water partition coefficient (Wildman–Crippen LogP) is 16.5. The van der Waals surface area contributed by atoms with Crippen molar-refractivity contribution >= 4 is 5.91 Å². The molecular formula is C64H123NO8. The van der Waals surface area contributed by atoms with E-state index < -0.39 is 49.5 Å². The van der Waals surface area contributed by atoms with Crippen molar-refractivity contribution in [2.24, 2.45) is 0 Å². The van der Waals surface area contributed by atoms with Crippen LogP contribution in [-0.2, 0) is 14.3 Å². The van der Waals surface area contributed by atoms with E-state index in [0.717, 1.165) is 44.9 Å². The Hall–Kier alpha value is -1.33. The third-order valence-electron chi connectivity index (χ3n) is 15.6. The summed E-state index contributed by atoms with van der Waals surface area (Å²) in [6, 6.07) is -0.720. The third kappa shape index (κ3) is 43.4. The van der Waals surface area contributed by atoms with Crippen molar-refractivity contribution in [3.05, 3.63) is 24.3 Å². The van der Waals surface area contributed by atoms with E-state index in [4.69, 9.17) is 9.47 Å². The van der Waals surface area contributed by atoms with Gasteiger partial charge in [-0.1, -0.05) is 295 Å². The summed E-state index contributed by atoms with van der Waals surface area (Å²) in [7, 11) is 0. The highest BCUT2D eigenvalue weighted by Gasteiger charge is 2.44. The number of rotatable bonds is 56. The van der Waals surface area contributed by atoms with E-state index in [-0.39, 0.29) is 12.5 Å². The first kappa shape index (κ1) is 69.7. The number of nitrogens with one attached hydrogen (secondary N) is 1. The number of carbonyl (C=O) groups excluding carboxylic acids is 1. The second-order valence-electron chi connectivity index (χ2n) is 22.6. The van der Waals surface area contributed by atoms with Crippen LogP contribution in [0.4, 0.5) is 0 Å². The summed E-state index contributed by atoms with van der Waals surface area (Å²) in [4.78, 5) is 13.1. The summed E-state index contributed by atoms with van der Waals surface area (Å²) in [6.45, 7) is 3.87. The van der Waals surface area contributed by atoms with E-state index in [2.05, 4.69) is 43.5 Å². The van der Waals surface area contributed by atoms with Crippen LogP contribution in [0.2, 0.25) is 0 Å². The highest BCUT2D eigenvalue weighted by atomic mass is 16.7. The van der Waals surface area contributed by atoms with Gasteiger partial charge in [0.05, 0.1) is 25.4 Å². The van der Waals surface area contributed by atoms with Crippen LogP contribution in [0.3, 0.4) is 0 Å². The second kappa shape index (κ2) is 54.0. The number of unbranched alkanes of at least 4 members (excludes halogenated alkanes) is 42. The monoisotopic (exact) mass is 1030 g/mol. The van der Waals surface area contributed by atoms with Gasteiger partial charge in [0, 0.05) is 6.42 Å². The molecule has 9 nitrogen and oxygen atoms in total. The van der Waals surface area contributed by atoms with E-state index in [0.29, 0.717) is 12.8 Å². The number of ether oxygens (including phenoxy) is 2. The summed E-state index contributed by atoms with van der Waals surface area (Å²) in [6.07, 6.45) is 62.2. The van der Waals surface area contributed by atoms with Crippen LogP contribution in [0.5, 0.6) is 0 Å². The molecule has 0 aromatic carbocycles. The molecular weight excluding hydrogens is 911 g/mol. The van der Waals surface area contributed by atoms with Crippen LogP contribution >= 0.6 is 0 Å². The van der Waals surface area contributed by atoms with Gasteiger partial charge in [-0.15, -0.1) is 0 Å². The molecule has 1 fully saturated rings. The molecule has 0 aromatic rings. The van der Waals surface area contributed by atoms with Gasteiger partial charge in [0.15, 0.2) is 6.29 Å². The fourth-order valence-electron chi connectivity index (χ4n) is 10.5. The summed E-state index contributed by atoms with van der Waals surface area (Å²) < 4.78 is 11.3. The smallest absolute Gasteiger partial charge is 0.220 e. The lowest BCUT2D eigenvalue weighted by Gasteiger charge is -2.40. The topological polar surface area (TPSA) is 149 Å². The molecule has 6 N–H and O–H groups in total. The van der Waals surface area contributed by atoms with Crippen LogP contribution in [0.15, 0.2) is 24.3 Å². The molecule has 73 heavy (non-hydrogen) atoms. The summed E-state index contributed by atoms with van der Waals surface area (Å²) >= 11 is 0. The fourth-order valence-corrected chi connectivity index (χ4v) is 10.5. The van der Waals surface area contributed by atoms with Crippen LogP contribution < -0.4 is 5.32 Å². The highest BCUT2D eigenvalue weighted by molar-refractivity contribution is 5.76. The van der Waals surface area contributed by atoms with Gasteiger partial charge >= 0.3 is 0 Å².